The fourth-order valence-corrected chi connectivity index (χ4v) is 2.05. The molecular formula is C13H20N4O2. The predicted molar refractivity (Wildman–Crippen MR) is 71.9 cm³/mol. The largest absolute Gasteiger partial charge is 0.444 e. The first-order valence-corrected chi connectivity index (χ1v) is 6.39. The highest BCUT2D eigenvalue weighted by molar-refractivity contribution is 5.69. The quantitative estimate of drug-likeness (QED) is 0.838. The van der Waals surface area contributed by atoms with E-state index >= 15 is 0 Å². The molecular weight excluding hydrogens is 244 g/mol. The Balaban J connectivity index is 2.12. The van der Waals surface area contributed by atoms with Crippen molar-refractivity contribution in [2.75, 3.05) is 18.9 Å². The summed E-state index contributed by atoms with van der Waals surface area (Å²) in [6, 6.07) is 0. The van der Waals surface area contributed by atoms with Crippen molar-refractivity contribution >= 4 is 11.9 Å². The molecule has 0 saturated carbocycles. The minimum atomic E-state index is -0.473. The van der Waals surface area contributed by atoms with Gasteiger partial charge in [-0.05, 0) is 27.2 Å². The van der Waals surface area contributed by atoms with Gasteiger partial charge in [0.2, 0.25) is 0 Å². The lowest BCUT2D eigenvalue weighted by atomic mass is 10.1. The molecule has 1 aliphatic heterocycles. The zero-order valence-electron chi connectivity index (χ0n) is 11.9. The second-order valence-corrected chi connectivity index (χ2v) is 5.55. The number of anilines is 1. The fourth-order valence-electron chi connectivity index (χ4n) is 2.05. The SMILES string of the molecule is CNc1ncnc2c1CCN(C(=O)OC(C)(C)C)C2. The molecule has 0 atom stereocenters. The van der Waals surface area contributed by atoms with Crippen LogP contribution in [0.15, 0.2) is 6.33 Å². The van der Waals surface area contributed by atoms with E-state index in [0.717, 1.165) is 23.5 Å². The molecule has 1 aliphatic rings. The number of nitrogens with one attached hydrogen (secondary N) is 1. The number of carbonyl (C=O) groups excluding carboxylic acids is 1. The summed E-state index contributed by atoms with van der Waals surface area (Å²) in [4.78, 5) is 22.1. The first kappa shape index (κ1) is 13.6. The van der Waals surface area contributed by atoms with Gasteiger partial charge in [-0.3, -0.25) is 0 Å². The van der Waals surface area contributed by atoms with Crippen molar-refractivity contribution in [2.24, 2.45) is 0 Å². The Morgan fingerprint density at radius 2 is 2.16 bits per heavy atom. The zero-order chi connectivity index (χ0) is 14.0. The maximum Gasteiger partial charge on any atom is 0.410 e. The van der Waals surface area contributed by atoms with Crippen LogP contribution in [-0.2, 0) is 17.7 Å². The van der Waals surface area contributed by atoms with Crippen molar-refractivity contribution in [3.63, 3.8) is 0 Å². The second kappa shape index (κ2) is 5.03. The third-order valence-corrected chi connectivity index (χ3v) is 2.90. The lowest BCUT2D eigenvalue weighted by molar-refractivity contribution is 0.0221. The molecule has 0 radical (unpaired) electrons. The van der Waals surface area contributed by atoms with Crippen molar-refractivity contribution in [2.45, 2.75) is 39.3 Å². The maximum atomic E-state index is 12.0. The van der Waals surface area contributed by atoms with Crippen molar-refractivity contribution in [1.82, 2.24) is 14.9 Å². The smallest absolute Gasteiger partial charge is 0.410 e. The molecule has 2 rings (SSSR count). The van der Waals surface area contributed by atoms with Gasteiger partial charge in [0.15, 0.2) is 0 Å². The first-order chi connectivity index (χ1) is 8.90. The first-order valence-electron chi connectivity index (χ1n) is 6.39. The van der Waals surface area contributed by atoms with Crippen LogP contribution in [0.3, 0.4) is 0 Å². The highest BCUT2D eigenvalue weighted by Gasteiger charge is 2.27. The molecule has 0 bridgehead atoms. The summed E-state index contributed by atoms with van der Waals surface area (Å²) in [6.45, 7) is 6.70. The molecule has 1 amide bonds. The minimum absolute atomic E-state index is 0.289. The summed E-state index contributed by atoms with van der Waals surface area (Å²) < 4.78 is 5.38. The van der Waals surface area contributed by atoms with Crippen LogP contribution in [0.4, 0.5) is 10.6 Å². The molecule has 6 heteroatoms. The van der Waals surface area contributed by atoms with Crippen LogP contribution in [0.25, 0.3) is 0 Å². The zero-order valence-corrected chi connectivity index (χ0v) is 11.9. The summed E-state index contributed by atoms with van der Waals surface area (Å²) in [6.07, 6.45) is 1.97. The molecule has 0 aromatic carbocycles. The number of rotatable bonds is 1. The maximum absolute atomic E-state index is 12.0. The van der Waals surface area contributed by atoms with E-state index in [1.165, 1.54) is 6.33 Å². The molecule has 0 unspecified atom stereocenters. The van der Waals surface area contributed by atoms with E-state index in [9.17, 15) is 4.79 Å². The molecule has 104 valence electrons. The van der Waals surface area contributed by atoms with Crippen LogP contribution in [0.1, 0.15) is 32.0 Å². The standard InChI is InChI=1S/C13H20N4O2/c1-13(2,3)19-12(18)17-6-5-9-10(7-17)15-8-16-11(9)14-4/h8H,5-7H2,1-4H3,(H,14,15,16). The molecule has 6 nitrogen and oxygen atoms in total. The minimum Gasteiger partial charge on any atom is -0.444 e. The van der Waals surface area contributed by atoms with Crippen molar-refractivity contribution in [1.29, 1.82) is 0 Å². The van der Waals surface area contributed by atoms with Crippen molar-refractivity contribution < 1.29 is 9.53 Å². The topological polar surface area (TPSA) is 67.4 Å². The molecule has 0 aliphatic carbocycles. The molecule has 19 heavy (non-hydrogen) atoms. The van der Waals surface area contributed by atoms with Crippen LogP contribution in [0.5, 0.6) is 0 Å². The number of hydrogen-bond acceptors (Lipinski definition) is 5. The van der Waals surface area contributed by atoms with Crippen LogP contribution in [0.2, 0.25) is 0 Å². The van der Waals surface area contributed by atoms with Crippen LogP contribution >= 0.6 is 0 Å². The van der Waals surface area contributed by atoms with E-state index < -0.39 is 5.60 Å². The summed E-state index contributed by atoms with van der Waals surface area (Å²) in [7, 11) is 1.84. The number of carbonyl (C=O) groups is 1. The van der Waals surface area contributed by atoms with Gasteiger partial charge in [-0.2, -0.15) is 0 Å². The van der Waals surface area contributed by atoms with Crippen LogP contribution in [0, 0.1) is 0 Å². The predicted octanol–water partition coefficient (Wildman–Crippen LogP) is 1.81. The number of amides is 1. The van der Waals surface area contributed by atoms with Crippen molar-refractivity contribution in [3.05, 3.63) is 17.6 Å². The highest BCUT2D eigenvalue weighted by atomic mass is 16.6. The molecule has 1 aromatic rings. The van der Waals surface area contributed by atoms with E-state index in [2.05, 4.69) is 15.3 Å². The van der Waals surface area contributed by atoms with E-state index in [0.29, 0.717) is 13.1 Å². The molecule has 2 heterocycles. The van der Waals surface area contributed by atoms with Gasteiger partial charge >= 0.3 is 6.09 Å². The third-order valence-electron chi connectivity index (χ3n) is 2.90. The van der Waals surface area contributed by atoms with E-state index in [1.807, 2.05) is 27.8 Å². The number of ether oxygens (including phenoxy) is 1. The number of fused-ring (bicyclic) bond motifs is 1. The van der Waals surface area contributed by atoms with Gasteiger partial charge in [0.25, 0.3) is 0 Å². The lowest BCUT2D eigenvalue weighted by Crippen LogP contribution is -2.40. The Morgan fingerprint density at radius 3 is 2.79 bits per heavy atom. The van der Waals surface area contributed by atoms with E-state index in [1.54, 1.807) is 4.90 Å². The summed E-state index contributed by atoms with van der Waals surface area (Å²) in [5, 5.41) is 3.05. The summed E-state index contributed by atoms with van der Waals surface area (Å²) >= 11 is 0. The monoisotopic (exact) mass is 264 g/mol. The second-order valence-electron chi connectivity index (χ2n) is 5.55. The average molecular weight is 264 g/mol. The number of aromatic nitrogens is 2. The molecule has 0 fully saturated rings. The molecule has 0 spiro atoms. The van der Waals surface area contributed by atoms with E-state index in [-0.39, 0.29) is 6.09 Å². The van der Waals surface area contributed by atoms with Gasteiger partial charge < -0.3 is 15.0 Å². The normalized spacial score (nSPS) is 14.8. The average Bonchev–Trinajstić information content (AvgIpc) is 2.35. The third kappa shape index (κ3) is 3.13. The van der Waals surface area contributed by atoms with Crippen LogP contribution < -0.4 is 5.32 Å². The Hall–Kier alpha value is -1.85. The van der Waals surface area contributed by atoms with Gasteiger partial charge in [-0.25, -0.2) is 14.8 Å². The fraction of sp³-hybridized carbons (Fsp3) is 0.615. The van der Waals surface area contributed by atoms with E-state index in [4.69, 9.17) is 4.74 Å². The summed E-state index contributed by atoms with van der Waals surface area (Å²) in [5.74, 6) is 0.842. The van der Waals surface area contributed by atoms with Crippen molar-refractivity contribution in [3.8, 4) is 0 Å². The molecule has 1 aromatic heterocycles. The highest BCUT2D eigenvalue weighted by Crippen LogP contribution is 2.23. The van der Waals surface area contributed by atoms with Crippen LogP contribution in [-0.4, -0.2) is 40.2 Å². The molecule has 1 N–H and O–H groups in total. The Labute approximate surface area is 113 Å². The van der Waals surface area contributed by atoms with Gasteiger partial charge in [0.1, 0.15) is 17.7 Å². The Morgan fingerprint density at radius 1 is 1.42 bits per heavy atom. The van der Waals surface area contributed by atoms with Gasteiger partial charge in [0.05, 0.1) is 12.2 Å². The van der Waals surface area contributed by atoms with Gasteiger partial charge in [0, 0.05) is 19.2 Å². The molecule has 0 saturated heterocycles. The summed E-state index contributed by atoms with van der Waals surface area (Å²) in [5.41, 5.74) is 1.50. The van der Waals surface area contributed by atoms with Gasteiger partial charge in [-0.15, -0.1) is 0 Å². The van der Waals surface area contributed by atoms with Gasteiger partial charge in [-0.1, -0.05) is 0 Å². The lowest BCUT2D eigenvalue weighted by Gasteiger charge is -2.31. The Bertz CT molecular complexity index is 482. The number of hydrogen-bond donors (Lipinski definition) is 1. The number of nitrogens with zero attached hydrogens (tertiary/aromatic N) is 3. The Kier molecular flexibility index (Phi) is 3.59.